The van der Waals surface area contributed by atoms with Crippen LogP contribution in [0.25, 0.3) is 0 Å². The first-order valence-electron chi connectivity index (χ1n) is 5.75. The molecule has 0 saturated carbocycles. The summed E-state index contributed by atoms with van der Waals surface area (Å²) in [4.78, 5) is 22.1. The van der Waals surface area contributed by atoms with E-state index in [1.807, 2.05) is 6.92 Å². The number of hydrogen-bond donors (Lipinski definition) is 1. The van der Waals surface area contributed by atoms with E-state index in [-0.39, 0.29) is 17.9 Å². The lowest BCUT2D eigenvalue weighted by Crippen LogP contribution is -2.30. The average Bonchev–Trinajstić information content (AvgIpc) is 2.68. The number of carbonyl (C=O) groups excluding carboxylic acids is 2. The van der Waals surface area contributed by atoms with Crippen molar-refractivity contribution in [3.05, 3.63) is 0 Å². The molecule has 92 valence electrons. The molecule has 1 aliphatic rings. The third kappa shape index (κ3) is 5.11. The molecule has 0 aliphatic carbocycles. The van der Waals surface area contributed by atoms with E-state index in [0.29, 0.717) is 39.1 Å². The highest BCUT2D eigenvalue weighted by molar-refractivity contribution is 5.78. The van der Waals surface area contributed by atoms with Crippen molar-refractivity contribution in [2.45, 2.75) is 38.6 Å². The van der Waals surface area contributed by atoms with Crippen LogP contribution in [0.5, 0.6) is 0 Å². The van der Waals surface area contributed by atoms with Crippen LogP contribution in [0.15, 0.2) is 0 Å². The van der Waals surface area contributed by atoms with Crippen molar-refractivity contribution in [3.8, 4) is 0 Å². The van der Waals surface area contributed by atoms with Gasteiger partial charge in [-0.05, 0) is 19.8 Å². The smallest absolute Gasteiger partial charge is 0.305 e. The van der Waals surface area contributed by atoms with Gasteiger partial charge in [0.05, 0.1) is 6.04 Å². The summed E-state index contributed by atoms with van der Waals surface area (Å²) in [6.45, 7) is 3.47. The molecule has 1 N–H and O–H groups in total. The molecule has 0 spiro atoms. The Morgan fingerprint density at radius 3 is 3.00 bits per heavy atom. The van der Waals surface area contributed by atoms with Crippen LogP contribution in [0, 0.1) is 0 Å². The molecule has 0 aromatic heterocycles. The quantitative estimate of drug-likeness (QED) is 0.513. The highest BCUT2D eigenvalue weighted by Crippen LogP contribution is 2.07. The van der Waals surface area contributed by atoms with Crippen molar-refractivity contribution in [3.63, 3.8) is 0 Å². The zero-order valence-electron chi connectivity index (χ0n) is 9.66. The van der Waals surface area contributed by atoms with Gasteiger partial charge in [0.1, 0.15) is 6.61 Å². The second kappa shape index (κ2) is 7.22. The lowest BCUT2D eigenvalue weighted by molar-refractivity contribution is -0.145. The zero-order chi connectivity index (χ0) is 11.8. The molecule has 1 amide bonds. The summed E-state index contributed by atoms with van der Waals surface area (Å²) in [5.41, 5.74) is 0. The lowest BCUT2D eigenvalue weighted by atomic mass is 10.2. The van der Waals surface area contributed by atoms with Gasteiger partial charge in [-0.15, -0.1) is 0 Å². The largest absolute Gasteiger partial charge is 0.463 e. The van der Waals surface area contributed by atoms with Crippen molar-refractivity contribution in [1.82, 2.24) is 5.32 Å². The van der Waals surface area contributed by atoms with E-state index in [1.165, 1.54) is 0 Å². The monoisotopic (exact) mass is 229 g/mol. The van der Waals surface area contributed by atoms with E-state index in [0.717, 1.165) is 6.42 Å². The summed E-state index contributed by atoms with van der Waals surface area (Å²) < 4.78 is 10.2. The Kier molecular flexibility index (Phi) is 5.85. The van der Waals surface area contributed by atoms with Crippen molar-refractivity contribution < 1.29 is 19.1 Å². The Hall–Kier alpha value is -1.10. The number of ether oxygens (including phenoxy) is 2. The molecule has 1 heterocycles. The fourth-order valence-corrected chi connectivity index (χ4v) is 1.53. The van der Waals surface area contributed by atoms with E-state index in [4.69, 9.17) is 9.47 Å². The molecule has 1 rings (SSSR count). The molecule has 0 bridgehead atoms. The maximum atomic E-state index is 11.3. The first-order chi connectivity index (χ1) is 7.72. The summed E-state index contributed by atoms with van der Waals surface area (Å²) in [7, 11) is 0. The van der Waals surface area contributed by atoms with Gasteiger partial charge in [0.2, 0.25) is 5.91 Å². The van der Waals surface area contributed by atoms with Crippen LogP contribution in [0.2, 0.25) is 0 Å². The van der Waals surface area contributed by atoms with Crippen LogP contribution < -0.4 is 5.32 Å². The van der Waals surface area contributed by atoms with Gasteiger partial charge >= 0.3 is 5.97 Å². The van der Waals surface area contributed by atoms with Gasteiger partial charge in [-0.2, -0.15) is 0 Å². The van der Waals surface area contributed by atoms with Crippen LogP contribution in [0.4, 0.5) is 0 Å². The summed E-state index contributed by atoms with van der Waals surface area (Å²) in [5.74, 6) is -0.182. The van der Waals surface area contributed by atoms with Crippen molar-refractivity contribution in [2.75, 3.05) is 19.8 Å². The molecular weight excluding hydrogens is 210 g/mol. The number of carbonyl (C=O) groups is 2. The molecule has 1 fully saturated rings. The normalized spacial score (nSPS) is 19.6. The Bertz CT molecular complexity index is 242. The van der Waals surface area contributed by atoms with E-state index < -0.39 is 0 Å². The maximum Gasteiger partial charge on any atom is 0.305 e. The predicted molar refractivity (Wildman–Crippen MR) is 57.9 cm³/mol. The Morgan fingerprint density at radius 1 is 1.56 bits per heavy atom. The van der Waals surface area contributed by atoms with Gasteiger partial charge in [0, 0.05) is 26.1 Å². The first-order valence-corrected chi connectivity index (χ1v) is 5.75. The summed E-state index contributed by atoms with van der Waals surface area (Å²) in [6.07, 6.45) is 2.35. The Labute approximate surface area is 95.5 Å². The number of hydrogen-bond acceptors (Lipinski definition) is 4. The fourth-order valence-electron chi connectivity index (χ4n) is 1.53. The molecule has 5 heteroatoms. The predicted octanol–water partition coefficient (Wildman–Crippen LogP) is 0.625. The van der Waals surface area contributed by atoms with E-state index in [1.54, 1.807) is 0 Å². The van der Waals surface area contributed by atoms with Gasteiger partial charge < -0.3 is 14.8 Å². The molecule has 1 saturated heterocycles. The maximum absolute atomic E-state index is 11.3. The van der Waals surface area contributed by atoms with Crippen LogP contribution >= 0.6 is 0 Å². The number of nitrogens with one attached hydrogen (secondary N) is 1. The van der Waals surface area contributed by atoms with Gasteiger partial charge in [0.25, 0.3) is 0 Å². The number of esters is 1. The standard InChI is InChI=1S/C11H19NO4/c1-2-15-7-3-4-11(14)16-8-9-5-6-10(13)12-9/h9H,2-8H2,1H3,(H,12,13). The first kappa shape index (κ1) is 13.0. The van der Waals surface area contributed by atoms with Crippen LogP contribution in [-0.4, -0.2) is 37.7 Å². The minimum absolute atomic E-state index is 0.00309. The van der Waals surface area contributed by atoms with Gasteiger partial charge in [-0.3, -0.25) is 9.59 Å². The van der Waals surface area contributed by atoms with E-state index in [2.05, 4.69) is 5.32 Å². The highest BCUT2D eigenvalue weighted by Gasteiger charge is 2.21. The molecule has 0 radical (unpaired) electrons. The minimum Gasteiger partial charge on any atom is -0.463 e. The lowest BCUT2D eigenvalue weighted by Gasteiger charge is -2.10. The molecule has 1 atom stereocenters. The minimum atomic E-state index is -0.221. The number of rotatable bonds is 7. The van der Waals surface area contributed by atoms with Crippen molar-refractivity contribution >= 4 is 11.9 Å². The second-order valence-corrected chi connectivity index (χ2v) is 3.79. The van der Waals surface area contributed by atoms with Crippen LogP contribution in [-0.2, 0) is 19.1 Å². The molecule has 1 unspecified atom stereocenters. The molecule has 5 nitrogen and oxygen atoms in total. The molecule has 1 aliphatic heterocycles. The Morgan fingerprint density at radius 2 is 2.38 bits per heavy atom. The number of amides is 1. The summed E-state index contributed by atoms with van der Waals surface area (Å²) >= 11 is 0. The summed E-state index contributed by atoms with van der Waals surface area (Å²) in [6, 6.07) is 0.00309. The molecule has 0 aromatic rings. The fraction of sp³-hybridized carbons (Fsp3) is 0.818. The Balaban J connectivity index is 1.99. The summed E-state index contributed by atoms with van der Waals surface area (Å²) in [5, 5.41) is 2.74. The molecule has 0 aromatic carbocycles. The van der Waals surface area contributed by atoms with Gasteiger partial charge in [-0.25, -0.2) is 0 Å². The third-order valence-corrected chi connectivity index (χ3v) is 2.40. The SMILES string of the molecule is CCOCCCC(=O)OCC1CCC(=O)N1. The van der Waals surface area contributed by atoms with Crippen molar-refractivity contribution in [2.24, 2.45) is 0 Å². The van der Waals surface area contributed by atoms with Crippen LogP contribution in [0.1, 0.15) is 32.6 Å². The van der Waals surface area contributed by atoms with Gasteiger partial charge in [-0.1, -0.05) is 0 Å². The second-order valence-electron chi connectivity index (χ2n) is 3.79. The van der Waals surface area contributed by atoms with Crippen LogP contribution in [0.3, 0.4) is 0 Å². The topological polar surface area (TPSA) is 64.6 Å². The van der Waals surface area contributed by atoms with E-state index >= 15 is 0 Å². The molecule has 16 heavy (non-hydrogen) atoms. The molecular formula is C11H19NO4. The van der Waals surface area contributed by atoms with Gasteiger partial charge in [0.15, 0.2) is 0 Å². The van der Waals surface area contributed by atoms with Crippen molar-refractivity contribution in [1.29, 1.82) is 0 Å². The third-order valence-electron chi connectivity index (χ3n) is 2.40. The highest BCUT2D eigenvalue weighted by atomic mass is 16.5. The average molecular weight is 229 g/mol. The zero-order valence-corrected chi connectivity index (χ0v) is 9.66. The van der Waals surface area contributed by atoms with E-state index in [9.17, 15) is 9.59 Å².